The smallest absolute Gasteiger partial charge is 0.191 e. The van der Waals surface area contributed by atoms with Crippen LogP contribution in [0.25, 0.3) is 0 Å². The fraction of sp³-hybridized carbons (Fsp3) is 0.682. The van der Waals surface area contributed by atoms with Crippen LogP contribution in [0.4, 0.5) is 0 Å². The number of nitrogens with one attached hydrogen (secondary N) is 2. The predicted molar refractivity (Wildman–Crippen MR) is 132 cm³/mol. The highest BCUT2D eigenvalue weighted by Crippen LogP contribution is 2.30. The van der Waals surface area contributed by atoms with Crippen molar-refractivity contribution in [3.05, 3.63) is 35.9 Å². The average molecular weight is 502 g/mol. The zero-order chi connectivity index (χ0) is 19.5. The molecule has 2 N–H and O–H groups in total. The van der Waals surface area contributed by atoms with Gasteiger partial charge >= 0.3 is 0 Å². The second kappa shape index (κ2) is 13.4. The fourth-order valence-corrected chi connectivity index (χ4v) is 3.93. The maximum atomic E-state index is 4.43. The molecular weight excluding hydrogens is 461 g/mol. The van der Waals surface area contributed by atoms with Crippen LogP contribution in [0.5, 0.6) is 0 Å². The fourth-order valence-electron chi connectivity index (χ4n) is 3.93. The Labute approximate surface area is 189 Å². The number of likely N-dealkylation sites (N-methyl/N-ethyl adjacent to an activating group) is 1. The van der Waals surface area contributed by atoms with Crippen LogP contribution in [0, 0.1) is 0 Å². The summed E-state index contributed by atoms with van der Waals surface area (Å²) in [6.45, 7) is 12.2. The molecule has 5 nitrogen and oxygen atoms in total. The van der Waals surface area contributed by atoms with E-state index in [1.807, 2.05) is 7.05 Å². The lowest BCUT2D eigenvalue weighted by atomic mass is 9.76. The van der Waals surface area contributed by atoms with E-state index in [0.717, 1.165) is 45.0 Å². The van der Waals surface area contributed by atoms with Crippen molar-refractivity contribution in [2.45, 2.75) is 38.5 Å². The molecule has 0 aromatic heterocycles. The Kier molecular flexibility index (Phi) is 12.0. The molecule has 0 bridgehead atoms. The monoisotopic (exact) mass is 501 g/mol. The third-order valence-corrected chi connectivity index (χ3v) is 6.09. The number of halogens is 1. The molecule has 1 aromatic rings. The maximum Gasteiger partial charge on any atom is 0.191 e. The van der Waals surface area contributed by atoms with Crippen LogP contribution in [-0.2, 0) is 5.41 Å². The number of hydrogen-bond donors (Lipinski definition) is 2. The minimum atomic E-state index is 0. The Morgan fingerprint density at radius 3 is 2.39 bits per heavy atom. The molecule has 0 radical (unpaired) electrons. The minimum absolute atomic E-state index is 0. The molecule has 0 amide bonds. The highest BCUT2D eigenvalue weighted by molar-refractivity contribution is 14.0. The lowest BCUT2D eigenvalue weighted by Crippen LogP contribution is -2.47. The molecule has 28 heavy (non-hydrogen) atoms. The second-order valence-electron chi connectivity index (χ2n) is 7.70. The Hall–Kier alpha value is -0.860. The van der Waals surface area contributed by atoms with Gasteiger partial charge in [-0.3, -0.25) is 4.99 Å². The number of benzene rings is 1. The highest BCUT2D eigenvalue weighted by atomic mass is 127. The summed E-state index contributed by atoms with van der Waals surface area (Å²) in [5.74, 6) is 0.907. The van der Waals surface area contributed by atoms with Crippen LogP contribution < -0.4 is 10.6 Å². The van der Waals surface area contributed by atoms with Crippen molar-refractivity contribution in [1.82, 2.24) is 20.4 Å². The summed E-state index contributed by atoms with van der Waals surface area (Å²) in [6, 6.07) is 10.9. The van der Waals surface area contributed by atoms with Gasteiger partial charge in [0, 0.05) is 45.2 Å². The second-order valence-corrected chi connectivity index (χ2v) is 7.70. The van der Waals surface area contributed by atoms with E-state index < -0.39 is 0 Å². The van der Waals surface area contributed by atoms with Crippen LogP contribution >= 0.6 is 24.0 Å². The van der Waals surface area contributed by atoms with Crippen molar-refractivity contribution >= 4 is 29.9 Å². The molecule has 0 atom stereocenters. The van der Waals surface area contributed by atoms with Crippen LogP contribution in [0.2, 0.25) is 0 Å². The molecule has 0 spiro atoms. The van der Waals surface area contributed by atoms with E-state index in [2.05, 4.69) is 76.7 Å². The largest absolute Gasteiger partial charge is 0.356 e. The summed E-state index contributed by atoms with van der Waals surface area (Å²) < 4.78 is 0. The van der Waals surface area contributed by atoms with Crippen molar-refractivity contribution in [2.24, 2.45) is 4.99 Å². The van der Waals surface area contributed by atoms with Crippen molar-refractivity contribution in [3.63, 3.8) is 0 Å². The highest BCUT2D eigenvalue weighted by Gasteiger charge is 2.28. The van der Waals surface area contributed by atoms with E-state index in [-0.39, 0.29) is 29.4 Å². The van der Waals surface area contributed by atoms with Gasteiger partial charge in [0.25, 0.3) is 0 Å². The van der Waals surface area contributed by atoms with Gasteiger partial charge in [0.15, 0.2) is 5.96 Å². The summed E-state index contributed by atoms with van der Waals surface area (Å²) >= 11 is 0. The predicted octanol–water partition coefficient (Wildman–Crippen LogP) is 3.16. The van der Waals surface area contributed by atoms with Gasteiger partial charge in [-0.25, -0.2) is 0 Å². The van der Waals surface area contributed by atoms with Crippen molar-refractivity contribution in [2.75, 3.05) is 59.9 Å². The SMILES string of the molecule is CCC(CC)(CNC(=NC)NCCN1CCCN(C)CC1)c1ccccc1.I. The zero-order valence-electron chi connectivity index (χ0n) is 18.2. The zero-order valence-corrected chi connectivity index (χ0v) is 20.5. The van der Waals surface area contributed by atoms with Gasteiger partial charge in [0.2, 0.25) is 0 Å². The lowest BCUT2D eigenvalue weighted by Gasteiger charge is -2.33. The van der Waals surface area contributed by atoms with E-state index in [1.165, 1.54) is 31.6 Å². The van der Waals surface area contributed by atoms with Gasteiger partial charge in [0.1, 0.15) is 0 Å². The van der Waals surface area contributed by atoms with Crippen LogP contribution in [0.15, 0.2) is 35.3 Å². The molecule has 1 heterocycles. The van der Waals surface area contributed by atoms with E-state index in [4.69, 9.17) is 0 Å². The summed E-state index contributed by atoms with van der Waals surface area (Å²) in [6.07, 6.45) is 3.48. The van der Waals surface area contributed by atoms with Gasteiger partial charge < -0.3 is 20.4 Å². The first-order valence-corrected chi connectivity index (χ1v) is 10.5. The summed E-state index contributed by atoms with van der Waals surface area (Å²) in [5.41, 5.74) is 1.56. The van der Waals surface area contributed by atoms with Crippen LogP contribution in [-0.4, -0.2) is 75.7 Å². The van der Waals surface area contributed by atoms with Crippen LogP contribution in [0.3, 0.4) is 0 Å². The molecule has 0 saturated carbocycles. The molecule has 0 aliphatic carbocycles. The van der Waals surface area contributed by atoms with E-state index >= 15 is 0 Å². The number of aliphatic imine (C=N–C) groups is 1. The quantitative estimate of drug-likeness (QED) is 0.326. The summed E-state index contributed by atoms with van der Waals surface area (Å²) in [7, 11) is 4.08. The van der Waals surface area contributed by atoms with Crippen molar-refractivity contribution in [3.8, 4) is 0 Å². The topological polar surface area (TPSA) is 42.9 Å². The van der Waals surface area contributed by atoms with E-state index in [1.54, 1.807) is 0 Å². The van der Waals surface area contributed by atoms with Gasteiger partial charge in [-0.1, -0.05) is 44.2 Å². The molecule has 0 unspecified atom stereocenters. The van der Waals surface area contributed by atoms with Gasteiger partial charge in [-0.15, -0.1) is 24.0 Å². The number of hydrogen-bond acceptors (Lipinski definition) is 3. The Balaban J connectivity index is 0.00000392. The molecule has 1 fully saturated rings. The third kappa shape index (κ3) is 7.52. The lowest BCUT2D eigenvalue weighted by molar-refractivity contribution is 0.279. The van der Waals surface area contributed by atoms with Crippen molar-refractivity contribution < 1.29 is 0 Å². The number of guanidine groups is 1. The maximum absolute atomic E-state index is 4.43. The molecule has 1 saturated heterocycles. The molecule has 1 aliphatic rings. The van der Waals surface area contributed by atoms with E-state index in [0.29, 0.717) is 0 Å². The standard InChI is InChI=1S/C22H39N5.HI/c1-5-22(6-2,20-11-8-7-9-12-20)19-25-21(23-3)24-13-16-27-15-10-14-26(4)17-18-27;/h7-9,11-12H,5-6,10,13-19H2,1-4H3,(H2,23,24,25);1H. The van der Waals surface area contributed by atoms with Gasteiger partial charge in [-0.05, 0) is 45.0 Å². The first kappa shape index (κ1) is 25.2. The van der Waals surface area contributed by atoms with Gasteiger partial charge in [-0.2, -0.15) is 0 Å². The average Bonchev–Trinajstić information content (AvgIpc) is 2.92. The molecule has 6 heteroatoms. The molecule has 1 aromatic carbocycles. The Morgan fingerprint density at radius 2 is 1.75 bits per heavy atom. The molecular formula is C22H40IN5. The number of rotatable bonds is 8. The van der Waals surface area contributed by atoms with E-state index in [9.17, 15) is 0 Å². The summed E-state index contributed by atoms with van der Waals surface area (Å²) in [5, 5.41) is 7.08. The third-order valence-electron chi connectivity index (χ3n) is 6.09. The normalized spacial score (nSPS) is 16.9. The van der Waals surface area contributed by atoms with Crippen molar-refractivity contribution in [1.29, 1.82) is 0 Å². The van der Waals surface area contributed by atoms with Gasteiger partial charge in [0.05, 0.1) is 0 Å². The first-order chi connectivity index (χ1) is 13.1. The Bertz CT molecular complexity index is 559. The first-order valence-electron chi connectivity index (χ1n) is 10.5. The summed E-state index contributed by atoms with van der Waals surface area (Å²) in [4.78, 5) is 9.41. The molecule has 1 aliphatic heterocycles. The molecule has 160 valence electrons. The molecule has 2 rings (SSSR count). The number of nitrogens with zero attached hydrogens (tertiary/aromatic N) is 3. The van der Waals surface area contributed by atoms with Crippen LogP contribution in [0.1, 0.15) is 38.7 Å². The minimum Gasteiger partial charge on any atom is -0.356 e. The Morgan fingerprint density at radius 1 is 1.04 bits per heavy atom.